The van der Waals surface area contributed by atoms with E-state index in [1.807, 2.05) is 55.3 Å². The summed E-state index contributed by atoms with van der Waals surface area (Å²) in [6, 6.07) is 12.1. The number of aliphatic hydroxyl groups excluding tert-OH is 1. The van der Waals surface area contributed by atoms with Gasteiger partial charge in [0.1, 0.15) is 17.2 Å². The third-order valence-corrected chi connectivity index (χ3v) is 5.89. The fourth-order valence-corrected chi connectivity index (χ4v) is 4.06. The van der Waals surface area contributed by atoms with E-state index in [2.05, 4.69) is 41.5 Å². The van der Waals surface area contributed by atoms with Crippen molar-refractivity contribution in [1.29, 1.82) is 0 Å². The van der Waals surface area contributed by atoms with E-state index in [0.29, 0.717) is 18.2 Å². The summed E-state index contributed by atoms with van der Waals surface area (Å²) in [6.07, 6.45) is -0.392. The second-order valence-electron chi connectivity index (χ2n) is 11.1. The number of rotatable bonds is 5. The monoisotopic (exact) mass is 450 g/mol. The summed E-state index contributed by atoms with van der Waals surface area (Å²) in [6.45, 7) is 16.9. The minimum atomic E-state index is -0.392. The first-order valence-corrected chi connectivity index (χ1v) is 11.5. The van der Waals surface area contributed by atoms with Crippen LogP contribution in [-0.4, -0.2) is 34.9 Å². The van der Waals surface area contributed by atoms with Gasteiger partial charge in [0.25, 0.3) is 0 Å². The second-order valence-corrected chi connectivity index (χ2v) is 11.1. The number of hydrogen-bond acceptors (Lipinski definition) is 5. The summed E-state index contributed by atoms with van der Waals surface area (Å²) in [4.78, 5) is 6.87. The molecule has 2 aromatic carbocycles. The third kappa shape index (κ3) is 5.41. The fraction of sp³-hybridized carbons (Fsp3) is 0.464. The van der Waals surface area contributed by atoms with E-state index in [1.165, 1.54) is 0 Å². The van der Waals surface area contributed by atoms with Crippen LogP contribution in [0.15, 0.2) is 40.8 Å². The molecule has 33 heavy (non-hydrogen) atoms. The molecule has 0 bridgehead atoms. The predicted octanol–water partition coefficient (Wildman–Crippen LogP) is 6.43. The Labute approximate surface area is 198 Å². The van der Waals surface area contributed by atoms with Gasteiger partial charge in [-0.3, -0.25) is 0 Å². The Kier molecular flexibility index (Phi) is 6.67. The van der Waals surface area contributed by atoms with Gasteiger partial charge in [0.15, 0.2) is 0 Å². The molecular weight excluding hydrogens is 412 g/mol. The molecule has 0 spiro atoms. The maximum Gasteiger partial charge on any atom is 0.226 e. The van der Waals surface area contributed by atoms with Crippen LogP contribution in [-0.2, 0) is 10.8 Å². The molecule has 0 aliphatic heterocycles. The Bertz CT molecular complexity index is 1080. The van der Waals surface area contributed by atoms with E-state index in [-0.39, 0.29) is 10.8 Å². The van der Waals surface area contributed by atoms with Gasteiger partial charge >= 0.3 is 0 Å². The van der Waals surface area contributed by atoms with Crippen LogP contribution < -0.4 is 4.90 Å². The summed E-state index contributed by atoms with van der Waals surface area (Å²) >= 11 is 0. The van der Waals surface area contributed by atoms with E-state index < -0.39 is 6.10 Å². The van der Waals surface area contributed by atoms with Crippen LogP contribution in [0.1, 0.15) is 65.4 Å². The Balaban J connectivity index is 2.04. The SMILES string of the molecule is Cc1oc(-c2cc(C(C)(C)C)c(O)c(C(C)(C)C)c2)nc1-c1ccc(N(C)CC(C)O)cc1. The molecule has 178 valence electrons. The highest BCUT2D eigenvalue weighted by atomic mass is 16.4. The number of hydrogen-bond donors (Lipinski definition) is 2. The minimum absolute atomic E-state index is 0.224. The number of aryl methyl sites for hydroxylation is 1. The number of aliphatic hydroxyl groups is 1. The molecule has 5 nitrogen and oxygen atoms in total. The van der Waals surface area contributed by atoms with Crippen LogP contribution in [0.3, 0.4) is 0 Å². The molecule has 0 saturated carbocycles. The number of oxazole rings is 1. The molecule has 0 fully saturated rings. The summed E-state index contributed by atoms with van der Waals surface area (Å²) in [5, 5.41) is 20.7. The van der Waals surface area contributed by atoms with Gasteiger partial charge in [0, 0.05) is 41.5 Å². The number of anilines is 1. The smallest absolute Gasteiger partial charge is 0.226 e. The topological polar surface area (TPSA) is 69.7 Å². The fourth-order valence-electron chi connectivity index (χ4n) is 4.06. The van der Waals surface area contributed by atoms with Crippen molar-refractivity contribution < 1.29 is 14.6 Å². The van der Waals surface area contributed by atoms with Crippen molar-refractivity contribution >= 4 is 5.69 Å². The van der Waals surface area contributed by atoms with Gasteiger partial charge in [0.05, 0.1) is 6.10 Å². The molecule has 0 saturated heterocycles. The number of phenolic OH excluding ortho intramolecular Hbond substituents is 1. The molecule has 2 N–H and O–H groups in total. The highest BCUT2D eigenvalue weighted by Gasteiger charge is 2.28. The highest BCUT2D eigenvalue weighted by Crippen LogP contribution is 2.42. The molecule has 5 heteroatoms. The summed E-state index contributed by atoms with van der Waals surface area (Å²) < 4.78 is 6.12. The normalized spacial score (nSPS) is 13.3. The standard InChI is InChI=1S/C28H38N2O3/c1-17(31)16-30(9)21-12-10-19(11-13-21)24-18(2)33-26(29-24)20-14-22(27(3,4)5)25(32)23(15-20)28(6,7)8/h10-15,17,31-32H,16H2,1-9H3. The molecule has 0 aliphatic carbocycles. The third-order valence-electron chi connectivity index (χ3n) is 5.89. The van der Waals surface area contributed by atoms with Crippen molar-refractivity contribution in [3.63, 3.8) is 0 Å². The molecule has 3 rings (SSSR count). The molecule has 1 atom stereocenters. The van der Waals surface area contributed by atoms with Crippen LogP contribution in [0.25, 0.3) is 22.7 Å². The van der Waals surface area contributed by atoms with Crippen molar-refractivity contribution in [2.75, 3.05) is 18.5 Å². The van der Waals surface area contributed by atoms with E-state index >= 15 is 0 Å². The zero-order chi connectivity index (χ0) is 24.7. The summed E-state index contributed by atoms with van der Waals surface area (Å²) in [5.74, 6) is 1.64. The molecular formula is C28H38N2O3. The van der Waals surface area contributed by atoms with Gasteiger partial charge in [-0.2, -0.15) is 0 Å². The van der Waals surface area contributed by atoms with Gasteiger partial charge in [-0.1, -0.05) is 53.7 Å². The lowest BCUT2D eigenvalue weighted by Crippen LogP contribution is -2.26. The zero-order valence-corrected chi connectivity index (χ0v) is 21.4. The molecule has 0 amide bonds. The van der Waals surface area contributed by atoms with Crippen molar-refractivity contribution in [1.82, 2.24) is 4.98 Å². The summed E-state index contributed by atoms with van der Waals surface area (Å²) in [7, 11) is 1.96. The highest BCUT2D eigenvalue weighted by molar-refractivity contribution is 5.69. The zero-order valence-electron chi connectivity index (χ0n) is 21.4. The Morgan fingerprint density at radius 1 is 0.939 bits per heavy atom. The van der Waals surface area contributed by atoms with E-state index in [0.717, 1.165) is 39.4 Å². The summed E-state index contributed by atoms with van der Waals surface area (Å²) in [5.41, 5.74) is 4.99. The molecule has 1 heterocycles. The van der Waals surface area contributed by atoms with Crippen molar-refractivity contribution in [3.8, 4) is 28.5 Å². The average Bonchev–Trinajstić information content (AvgIpc) is 3.07. The van der Waals surface area contributed by atoms with Crippen LogP contribution >= 0.6 is 0 Å². The van der Waals surface area contributed by atoms with Gasteiger partial charge in [-0.05, 0) is 48.9 Å². The van der Waals surface area contributed by atoms with E-state index in [1.54, 1.807) is 6.92 Å². The lowest BCUT2D eigenvalue weighted by Gasteiger charge is -2.27. The number of aromatic nitrogens is 1. The quantitative estimate of drug-likeness (QED) is 0.468. The molecule has 1 unspecified atom stereocenters. The molecule has 0 aliphatic rings. The van der Waals surface area contributed by atoms with Gasteiger partial charge < -0.3 is 19.5 Å². The molecule has 3 aromatic rings. The maximum absolute atomic E-state index is 11.0. The van der Waals surface area contributed by atoms with E-state index in [4.69, 9.17) is 9.40 Å². The maximum atomic E-state index is 11.0. The van der Waals surface area contributed by atoms with Crippen molar-refractivity contribution in [3.05, 3.63) is 53.3 Å². The number of nitrogens with zero attached hydrogens (tertiary/aromatic N) is 2. The Morgan fingerprint density at radius 2 is 1.45 bits per heavy atom. The molecule has 0 radical (unpaired) electrons. The number of benzene rings is 2. The largest absolute Gasteiger partial charge is 0.507 e. The molecule has 1 aromatic heterocycles. The number of likely N-dealkylation sites (N-methyl/N-ethyl adjacent to an activating group) is 1. The van der Waals surface area contributed by atoms with Gasteiger partial charge in [0.2, 0.25) is 5.89 Å². The Morgan fingerprint density at radius 3 is 1.91 bits per heavy atom. The lowest BCUT2D eigenvalue weighted by atomic mass is 9.78. The van der Waals surface area contributed by atoms with Gasteiger partial charge in [-0.25, -0.2) is 4.98 Å². The van der Waals surface area contributed by atoms with E-state index in [9.17, 15) is 10.2 Å². The van der Waals surface area contributed by atoms with Crippen LogP contribution in [0.4, 0.5) is 5.69 Å². The Hall–Kier alpha value is -2.79. The first kappa shape index (κ1) is 24.8. The number of aromatic hydroxyl groups is 1. The lowest BCUT2D eigenvalue weighted by molar-refractivity contribution is 0.201. The van der Waals surface area contributed by atoms with Crippen molar-refractivity contribution in [2.45, 2.75) is 72.3 Å². The van der Waals surface area contributed by atoms with Gasteiger partial charge in [-0.15, -0.1) is 0 Å². The first-order valence-electron chi connectivity index (χ1n) is 11.5. The van der Waals surface area contributed by atoms with Crippen LogP contribution in [0, 0.1) is 6.92 Å². The predicted molar refractivity (Wildman–Crippen MR) is 136 cm³/mol. The first-order chi connectivity index (χ1) is 15.2. The second kappa shape index (κ2) is 8.86. The minimum Gasteiger partial charge on any atom is -0.507 e. The number of phenols is 1. The average molecular weight is 451 g/mol. The van der Waals surface area contributed by atoms with Crippen molar-refractivity contribution in [2.24, 2.45) is 0 Å². The van der Waals surface area contributed by atoms with Crippen LogP contribution in [0.2, 0.25) is 0 Å². The van der Waals surface area contributed by atoms with Crippen LogP contribution in [0.5, 0.6) is 5.75 Å².